The van der Waals surface area contributed by atoms with Gasteiger partial charge in [-0.15, -0.1) is 27.0 Å². The van der Waals surface area contributed by atoms with Crippen LogP contribution in [0.15, 0.2) is 124 Å². The van der Waals surface area contributed by atoms with Gasteiger partial charge in [0.1, 0.15) is 22.9 Å². The molecule has 0 saturated heterocycles. The molecule has 5 aromatic carbocycles. The third-order valence-electron chi connectivity index (χ3n) is 10.5. The van der Waals surface area contributed by atoms with Gasteiger partial charge in [0.2, 0.25) is 10.3 Å². The van der Waals surface area contributed by atoms with Crippen molar-refractivity contribution in [2.24, 2.45) is 20.5 Å². The number of likely N-dealkylation sites (N-methyl/N-ethyl adjacent to an activating group) is 1. The fourth-order valence-corrected chi connectivity index (χ4v) is 9.05. The van der Waals surface area contributed by atoms with Gasteiger partial charge in [0.05, 0.1) is 31.6 Å². The molecule has 0 spiro atoms. The van der Waals surface area contributed by atoms with E-state index in [0.717, 1.165) is 100 Å². The van der Waals surface area contributed by atoms with E-state index in [0.29, 0.717) is 27.4 Å². The second kappa shape index (κ2) is 19.6. The van der Waals surface area contributed by atoms with Crippen LogP contribution in [0.3, 0.4) is 0 Å². The number of aromatic nitrogens is 2. The number of ether oxygens (including phenoxy) is 1. The molecular weight excluding hydrogens is 867 g/mol. The summed E-state index contributed by atoms with van der Waals surface area (Å²) in [4.78, 5) is 36.9. The molecule has 13 nitrogen and oxygen atoms in total. The number of azo groups is 2. The average molecular weight is 910 g/mol. The smallest absolute Gasteiger partial charge is 0.338 e. The maximum absolute atomic E-state index is 12.0. The van der Waals surface area contributed by atoms with Crippen molar-refractivity contribution in [3.05, 3.63) is 131 Å². The fraction of sp³-hybridized carbons (Fsp3) is 0.217. The molecule has 0 bridgehead atoms. The zero-order chi connectivity index (χ0) is 42.5. The number of nitrogens with zero attached hydrogens (tertiary/aromatic N) is 8. The Morgan fingerprint density at radius 1 is 0.742 bits per heavy atom. The average Bonchev–Trinajstić information content (AvgIpc) is 3.93. The van der Waals surface area contributed by atoms with Crippen LogP contribution < -0.4 is 14.5 Å². The molecule has 2 N–H and O–H groups in total. The van der Waals surface area contributed by atoms with E-state index in [2.05, 4.69) is 59.8 Å². The predicted octanol–water partition coefficient (Wildman–Crippen LogP) is 12.5. The van der Waals surface area contributed by atoms with E-state index in [-0.39, 0.29) is 27.6 Å². The number of carboxylic acid groups (broad SMARTS) is 2. The van der Waals surface area contributed by atoms with Crippen LogP contribution in [0.4, 0.5) is 33.0 Å². The van der Waals surface area contributed by atoms with Crippen LogP contribution in [-0.4, -0.2) is 58.8 Å². The SMILES string of the molecule is C=CCc1ccc2nc(N=Nc3cc4c(cc3C(=O)O)N(C)CC4)sc2c1.CCN1CCCCc2cc(N=Nc3nc4ccc(Oc5ccccc5)cc4s3)c(C(=O)O)cc21.[Ni]. The number of carboxylic acids is 2. The third kappa shape index (κ3) is 9.89. The second-order valence-corrected chi connectivity index (χ2v) is 16.6. The topological polar surface area (TPSA) is 166 Å². The second-order valence-electron chi connectivity index (χ2n) is 14.5. The van der Waals surface area contributed by atoms with Gasteiger partial charge in [-0.3, -0.25) is 0 Å². The minimum Gasteiger partial charge on any atom is -0.478 e. The van der Waals surface area contributed by atoms with Crippen LogP contribution in [0.5, 0.6) is 11.5 Å². The number of hydrogen-bond donors (Lipinski definition) is 2. The van der Waals surface area contributed by atoms with Crippen molar-refractivity contribution < 1.29 is 41.0 Å². The minimum atomic E-state index is -1.01. The number of carbonyl (C=O) groups is 2. The summed E-state index contributed by atoms with van der Waals surface area (Å²) < 4.78 is 7.85. The van der Waals surface area contributed by atoms with Gasteiger partial charge in [0.25, 0.3) is 0 Å². The summed E-state index contributed by atoms with van der Waals surface area (Å²) in [5, 5.41) is 37.4. The molecule has 4 heterocycles. The number of rotatable bonds is 11. The first-order chi connectivity index (χ1) is 29.6. The molecule has 0 fully saturated rings. The van der Waals surface area contributed by atoms with Crippen LogP contribution in [0, 0.1) is 0 Å². The first-order valence-corrected chi connectivity index (χ1v) is 21.5. The molecule has 2 aromatic heterocycles. The van der Waals surface area contributed by atoms with Crippen molar-refractivity contribution in [3.8, 4) is 11.5 Å². The normalized spacial score (nSPS) is 13.4. The first-order valence-electron chi connectivity index (χ1n) is 19.9. The Labute approximate surface area is 376 Å². The molecule has 0 amide bonds. The summed E-state index contributed by atoms with van der Waals surface area (Å²) in [6, 6.07) is 28.4. The van der Waals surface area contributed by atoms with Gasteiger partial charge in [-0.1, -0.05) is 53.0 Å². The first kappa shape index (κ1) is 43.7. The Balaban J connectivity index is 0.000000188. The van der Waals surface area contributed by atoms with E-state index in [1.54, 1.807) is 12.1 Å². The number of allylic oxidation sites excluding steroid dienone is 1. The number of hydrogen-bond acceptors (Lipinski definition) is 13. The number of fused-ring (bicyclic) bond motifs is 4. The van der Waals surface area contributed by atoms with Crippen LogP contribution in [0.2, 0.25) is 0 Å². The number of thiazole rings is 2. The molecule has 2 aliphatic heterocycles. The van der Waals surface area contributed by atoms with E-state index in [4.69, 9.17) is 4.74 Å². The van der Waals surface area contributed by atoms with Gasteiger partial charge in [0.15, 0.2) is 0 Å². The molecule has 16 heteroatoms. The number of aryl methyl sites for hydroxylation is 1. The standard InChI is InChI=1S/C26H24N4O3S.C20H18N4O2S.Ni/c1-2-30-13-7-6-8-17-14-22(20(25(31)32)16-23(17)30)28-29-26-27-21-12-11-19(15-24(21)34-26)33-18-9-4-3-5-10-18;1-3-4-12-5-6-15-18(9-12)27-20(21-15)23-22-16-10-13-7-8-24(2)17(13)11-14(16)19(25)26;/h3-5,9-12,14-16H,2,6-8,13H2,1H3,(H,31,32);3,5-6,9-11H,1,4,7-8H2,2H3,(H,25,26);. The molecule has 318 valence electrons. The Morgan fingerprint density at radius 3 is 1.98 bits per heavy atom. The molecule has 0 atom stereocenters. The molecule has 0 saturated carbocycles. The number of para-hydroxylation sites is 1. The zero-order valence-corrected chi connectivity index (χ0v) is 36.6. The zero-order valence-electron chi connectivity index (χ0n) is 33.9. The summed E-state index contributed by atoms with van der Waals surface area (Å²) >= 11 is 2.82. The summed E-state index contributed by atoms with van der Waals surface area (Å²) in [5.74, 6) is -0.544. The van der Waals surface area contributed by atoms with Gasteiger partial charge in [-0.25, -0.2) is 19.6 Å². The minimum absolute atomic E-state index is 0. The number of aromatic carboxylic acids is 2. The van der Waals surface area contributed by atoms with Crippen LogP contribution in [0.1, 0.15) is 57.2 Å². The van der Waals surface area contributed by atoms with Crippen molar-refractivity contribution in [1.29, 1.82) is 0 Å². The molecule has 7 aromatic rings. The Morgan fingerprint density at radius 2 is 1.35 bits per heavy atom. The van der Waals surface area contributed by atoms with Crippen LogP contribution >= 0.6 is 22.7 Å². The Hall–Kier alpha value is -6.35. The van der Waals surface area contributed by atoms with Gasteiger partial charge >= 0.3 is 11.9 Å². The number of benzene rings is 5. The van der Waals surface area contributed by atoms with E-state index >= 15 is 0 Å². The summed E-state index contributed by atoms with van der Waals surface area (Å²) in [5.41, 5.74) is 7.99. The van der Waals surface area contributed by atoms with Gasteiger partial charge < -0.3 is 24.7 Å². The molecule has 0 aliphatic carbocycles. The summed E-state index contributed by atoms with van der Waals surface area (Å²) in [6.07, 6.45) is 6.60. The quantitative estimate of drug-likeness (QED) is 0.0730. The molecule has 2 aliphatic rings. The van der Waals surface area contributed by atoms with Gasteiger partial charge in [0, 0.05) is 60.6 Å². The van der Waals surface area contributed by atoms with Crippen LogP contribution in [0.25, 0.3) is 20.4 Å². The van der Waals surface area contributed by atoms with Crippen LogP contribution in [-0.2, 0) is 35.8 Å². The van der Waals surface area contributed by atoms with Crippen molar-refractivity contribution in [1.82, 2.24) is 9.97 Å². The molecule has 62 heavy (non-hydrogen) atoms. The van der Waals surface area contributed by atoms with Crippen molar-refractivity contribution >= 4 is 88.1 Å². The van der Waals surface area contributed by atoms with E-state index in [1.165, 1.54) is 28.2 Å². The van der Waals surface area contributed by atoms with E-state index in [1.807, 2.05) is 85.9 Å². The van der Waals surface area contributed by atoms with Gasteiger partial charge in [-0.2, -0.15) is 0 Å². The van der Waals surface area contributed by atoms with E-state index < -0.39 is 11.9 Å². The molecular formula is C46H42N8NiO5S2. The summed E-state index contributed by atoms with van der Waals surface area (Å²) in [6.45, 7) is 8.50. The van der Waals surface area contributed by atoms with E-state index in [9.17, 15) is 19.8 Å². The predicted molar refractivity (Wildman–Crippen MR) is 243 cm³/mol. The fourth-order valence-electron chi connectivity index (χ4n) is 7.38. The van der Waals surface area contributed by atoms with Crippen molar-refractivity contribution in [2.75, 3.05) is 36.5 Å². The molecule has 9 rings (SSSR count). The molecule has 0 unspecified atom stereocenters. The monoisotopic (exact) mass is 908 g/mol. The van der Waals surface area contributed by atoms with Gasteiger partial charge in [-0.05, 0) is 116 Å². The molecule has 0 radical (unpaired) electrons. The van der Waals surface area contributed by atoms with Crippen molar-refractivity contribution in [2.45, 2.75) is 39.0 Å². The van der Waals surface area contributed by atoms with Crippen molar-refractivity contribution in [3.63, 3.8) is 0 Å². The number of anilines is 2. The largest absolute Gasteiger partial charge is 0.478 e. The maximum atomic E-state index is 12.0. The maximum Gasteiger partial charge on any atom is 0.338 e. The Kier molecular flexibility index (Phi) is 13.8. The Bertz CT molecular complexity index is 2840. The summed E-state index contributed by atoms with van der Waals surface area (Å²) in [7, 11) is 1.96. The third-order valence-corrected chi connectivity index (χ3v) is 12.3.